The molecule has 0 aromatic heterocycles. The van der Waals surface area contributed by atoms with Crippen LogP contribution in [0, 0.1) is 23.7 Å². The summed E-state index contributed by atoms with van der Waals surface area (Å²) in [6.07, 6.45) is 6.64. The molecule has 0 heterocycles. The first-order chi connectivity index (χ1) is 15.5. The zero-order chi connectivity index (χ0) is 22.3. The Morgan fingerprint density at radius 3 is 1.78 bits per heavy atom. The van der Waals surface area contributed by atoms with E-state index in [0.717, 1.165) is 56.9 Å². The second-order valence-corrected chi connectivity index (χ2v) is 9.97. The molecule has 2 amide bonds. The van der Waals surface area contributed by atoms with Crippen LogP contribution < -0.4 is 10.6 Å². The van der Waals surface area contributed by atoms with Crippen molar-refractivity contribution >= 4 is 18.0 Å². The van der Waals surface area contributed by atoms with Gasteiger partial charge in [0, 0.05) is 0 Å². The summed E-state index contributed by atoms with van der Waals surface area (Å²) in [5.74, 6) is -0.188. The number of rotatable bonds is 10. The highest BCUT2D eigenvalue weighted by Crippen LogP contribution is 2.55. The molecule has 4 aliphatic rings. The Morgan fingerprint density at radius 2 is 1.31 bits per heavy atom. The average Bonchev–Trinajstić information content (AvgIpc) is 3.65. The number of ether oxygens (including phenoxy) is 2. The predicted molar refractivity (Wildman–Crippen MR) is 116 cm³/mol. The quantitative estimate of drug-likeness (QED) is 0.545. The number of hydrogen-bond acceptors (Lipinski definition) is 5. The molecule has 7 heteroatoms. The summed E-state index contributed by atoms with van der Waals surface area (Å²) in [4.78, 5) is 39.8. The first-order valence-electron chi connectivity index (χ1n) is 11.9. The van der Waals surface area contributed by atoms with E-state index < -0.39 is 17.2 Å². The fraction of sp³-hybridized carbons (Fsp3) is 0.640. The van der Waals surface area contributed by atoms with Gasteiger partial charge < -0.3 is 20.1 Å². The minimum atomic E-state index is -1.02. The number of carbonyl (C=O) groups is 3. The molecular weight excluding hydrogens is 408 g/mol. The Bertz CT molecular complexity index is 861. The van der Waals surface area contributed by atoms with E-state index >= 15 is 0 Å². The largest absolute Gasteiger partial charge is 0.467 e. The van der Waals surface area contributed by atoms with E-state index in [2.05, 4.69) is 10.6 Å². The van der Waals surface area contributed by atoms with Crippen LogP contribution in [0.25, 0.3) is 0 Å². The van der Waals surface area contributed by atoms with E-state index in [1.54, 1.807) is 0 Å². The molecule has 4 saturated carbocycles. The van der Waals surface area contributed by atoms with Crippen LogP contribution in [0.3, 0.4) is 0 Å². The van der Waals surface area contributed by atoms with Crippen LogP contribution in [-0.2, 0) is 25.7 Å². The van der Waals surface area contributed by atoms with Crippen molar-refractivity contribution in [3.05, 3.63) is 35.9 Å². The minimum absolute atomic E-state index is 0.0769. The number of methoxy groups -OCH3 is 1. The van der Waals surface area contributed by atoms with Gasteiger partial charge in [0.2, 0.25) is 5.91 Å². The third kappa shape index (κ3) is 3.86. The van der Waals surface area contributed by atoms with Crippen molar-refractivity contribution in [3.63, 3.8) is 0 Å². The van der Waals surface area contributed by atoms with E-state index in [1.165, 1.54) is 7.11 Å². The lowest BCUT2D eigenvalue weighted by Crippen LogP contribution is -2.68. The second-order valence-electron chi connectivity index (χ2n) is 9.97. The van der Waals surface area contributed by atoms with Crippen molar-refractivity contribution < 1.29 is 23.9 Å². The van der Waals surface area contributed by atoms with Crippen LogP contribution in [-0.4, -0.2) is 36.2 Å². The maximum Gasteiger partial charge on any atom is 0.408 e. The van der Waals surface area contributed by atoms with Crippen molar-refractivity contribution in [1.82, 2.24) is 10.6 Å². The summed E-state index contributed by atoms with van der Waals surface area (Å²) in [5.41, 5.74) is -1.09. The fourth-order valence-corrected chi connectivity index (χ4v) is 5.43. The molecule has 0 bridgehead atoms. The predicted octanol–water partition coefficient (Wildman–Crippen LogP) is 3.32. The Labute approximate surface area is 188 Å². The molecule has 4 aliphatic carbocycles. The van der Waals surface area contributed by atoms with E-state index in [0.29, 0.717) is 0 Å². The number of alkyl carbamates (subject to hydrolysis) is 1. The van der Waals surface area contributed by atoms with Gasteiger partial charge in [0.05, 0.1) is 7.11 Å². The van der Waals surface area contributed by atoms with Gasteiger partial charge >= 0.3 is 12.1 Å². The Kier molecular flexibility index (Phi) is 5.38. The molecule has 32 heavy (non-hydrogen) atoms. The molecule has 0 unspecified atom stereocenters. The second kappa shape index (κ2) is 8.09. The van der Waals surface area contributed by atoms with Crippen LogP contribution in [0.4, 0.5) is 4.79 Å². The van der Waals surface area contributed by atoms with Gasteiger partial charge in [-0.1, -0.05) is 30.3 Å². The van der Waals surface area contributed by atoms with Gasteiger partial charge in [-0.25, -0.2) is 9.59 Å². The molecular formula is C25H32N2O5. The smallest absolute Gasteiger partial charge is 0.408 e. The number of benzene rings is 1. The first kappa shape index (κ1) is 21.3. The molecule has 4 fully saturated rings. The number of esters is 1. The minimum Gasteiger partial charge on any atom is -0.467 e. The third-order valence-corrected chi connectivity index (χ3v) is 7.63. The van der Waals surface area contributed by atoms with Crippen LogP contribution >= 0.6 is 0 Å². The van der Waals surface area contributed by atoms with Crippen molar-refractivity contribution in [2.24, 2.45) is 23.7 Å². The Balaban J connectivity index is 1.36. The van der Waals surface area contributed by atoms with Gasteiger partial charge in [0.1, 0.15) is 17.7 Å². The molecule has 1 aromatic carbocycles. The Morgan fingerprint density at radius 1 is 0.812 bits per heavy atom. The Hall–Kier alpha value is -2.57. The van der Waals surface area contributed by atoms with Crippen molar-refractivity contribution in [3.8, 4) is 0 Å². The molecule has 0 radical (unpaired) electrons. The molecule has 0 spiro atoms. The van der Waals surface area contributed by atoms with Crippen molar-refractivity contribution in [2.45, 2.75) is 69.1 Å². The number of carbonyl (C=O) groups excluding carboxylic acids is 3. The van der Waals surface area contributed by atoms with Gasteiger partial charge in [-0.15, -0.1) is 0 Å². The first-order valence-corrected chi connectivity index (χ1v) is 11.9. The molecule has 0 saturated heterocycles. The normalized spacial score (nSPS) is 20.9. The number of hydrogen-bond donors (Lipinski definition) is 2. The average molecular weight is 441 g/mol. The molecule has 0 aliphatic heterocycles. The summed E-state index contributed by atoms with van der Waals surface area (Å²) in [5, 5.41) is 6.18. The van der Waals surface area contributed by atoms with Crippen LogP contribution in [0.5, 0.6) is 0 Å². The van der Waals surface area contributed by atoms with Crippen molar-refractivity contribution in [1.29, 1.82) is 0 Å². The number of amides is 2. The van der Waals surface area contributed by atoms with Gasteiger partial charge in [-0.2, -0.15) is 0 Å². The summed E-state index contributed by atoms with van der Waals surface area (Å²) in [6, 6.07) is 9.48. The van der Waals surface area contributed by atoms with E-state index in [9.17, 15) is 14.4 Å². The molecule has 5 rings (SSSR count). The SMILES string of the molecule is COC(=O)C(NC(=O)C(NC(=O)OCc1ccccc1)(C1CC1)C1CC1)(C1CC1)C1CC1. The zero-order valence-corrected chi connectivity index (χ0v) is 18.6. The maximum atomic E-state index is 13.9. The van der Waals surface area contributed by atoms with Gasteiger partial charge in [0.25, 0.3) is 0 Å². The maximum absolute atomic E-state index is 13.9. The topological polar surface area (TPSA) is 93.7 Å². The molecule has 1 aromatic rings. The lowest BCUT2D eigenvalue weighted by atomic mass is 9.82. The number of nitrogens with one attached hydrogen (secondary N) is 2. The summed E-state index contributed by atoms with van der Waals surface area (Å²) in [6.45, 7) is 0.149. The van der Waals surface area contributed by atoms with E-state index in [4.69, 9.17) is 9.47 Å². The highest BCUT2D eigenvalue weighted by atomic mass is 16.5. The third-order valence-electron chi connectivity index (χ3n) is 7.63. The lowest BCUT2D eigenvalue weighted by molar-refractivity contribution is -0.155. The molecule has 0 atom stereocenters. The van der Waals surface area contributed by atoms with Gasteiger partial charge in [-0.3, -0.25) is 4.79 Å². The molecule has 2 N–H and O–H groups in total. The molecule has 172 valence electrons. The monoisotopic (exact) mass is 440 g/mol. The molecule has 7 nitrogen and oxygen atoms in total. The zero-order valence-electron chi connectivity index (χ0n) is 18.6. The summed E-state index contributed by atoms with van der Waals surface area (Å²) >= 11 is 0. The van der Waals surface area contributed by atoms with Crippen LogP contribution in [0.2, 0.25) is 0 Å². The highest BCUT2D eigenvalue weighted by Gasteiger charge is 2.66. The van der Waals surface area contributed by atoms with Gasteiger partial charge in [-0.05, 0) is 80.6 Å². The standard InChI is InChI=1S/C25H32N2O5/c1-31-22(29)25(19-11-12-19,20-13-14-20)26-21(28)24(17-7-8-17,18-9-10-18)27-23(30)32-15-16-5-3-2-4-6-16/h2-6,17-20H,7-15H2,1H3,(H,26,28)(H,27,30). The van der Waals surface area contributed by atoms with Gasteiger partial charge in [0.15, 0.2) is 0 Å². The van der Waals surface area contributed by atoms with E-state index in [1.807, 2.05) is 30.3 Å². The highest BCUT2D eigenvalue weighted by molar-refractivity contribution is 5.96. The van der Waals surface area contributed by atoms with Crippen LogP contribution in [0.1, 0.15) is 56.9 Å². The lowest BCUT2D eigenvalue weighted by Gasteiger charge is -2.39. The summed E-state index contributed by atoms with van der Waals surface area (Å²) in [7, 11) is 1.39. The fourth-order valence-electron chi connectivity index (χ4n) is 5.43. The summed E-state index contributed by atoms with van der Waals surface area (Å²) < 4.78 is 10.7. The van der Waals surface area contributed by atoms with E-state index in [-0.39, 0.29) is 42.2 Å². The van der Waals surface area contributed by atoms with Crippen LogP contribution in [0.15, 0.2) is 30.3 Å². The van der Waals surface area contributed by atoms with Crippen molar-refractivity contribution in [2.75, 3.05) is 7.11 Å².